The summed E-state index contributed by atoms with van der Waals surface area (Å²) < 4.78 is 5.27. The van der Waals surface area contributed by atoms with Crippen LogP contribution in [0.15, 0.2) is 22.8 Å². The van der Waals surface area contributed by atoms with Crippen LogP contribution in [0.4, 0.5) is 4.79 Å². The fourth-order valence-electron chi connectivity index (χ4n) is 2.41. The normalized spacial score (nSPS) is 25.0. The summed E-state index contributed by atoms with van der Waals surface area (Å²) in [6.45, 7) is 4.00. The van der Waals surface area contributed by atoms with Gasteiger partial charge in [-0.05, 0) is 12.1 Å². The molecule has 1 N–H and O–H groups in total. The van der Waals surface area contributed by atoms with Gasteiger partial charge in [-0.1, -0.05) is 0 Å². The third-order valence-electron chi connectivity index (χ3n) is 3.22. The van der Waals surface area contributed by atoms with Gasteiger partial charge in [-0.25, -0.2) is 4.79 Å². The second-order valence-corrected chi connectivity index (χ2v) is 4.29. The van der Waals surface area contributed by atoms with Gasteiger partial charge in [0.15, 0.2) is 0 Å². The first-order chi connectivity index (χ1) is 7.84. The second-order valence-electron chi connectivity index (χ2n) is 4.29. The molecule has 0 radical (unpaired) electrons. The maximum atomic E-state index is 12.0. The lowest BCUT2D eigenvalue weighted by atomic mass is 10.2. The molecule has 3 rings (SSSR count). The Hall–Kier alpha value is -1.49. The minimum absolute atomic E-state index is 0.142. The summed E-state index contributed by atoms with van der Waals surface area (Å²) in [5, 5.41) is 3.31. The SMILES string of the molecule is O=C1N(Cc2ccco2)CC2CNCCN12. The van der Waals surface area contributed by atoms with Crippen LogP contribution < -0.4 is 5.32 Å². The molecule has 2 amide bonds. The first kappa shape index (κ1) is 9.72. The largest absolute Gasteiger partial charge is 0.467 e. The predicted molar refractivity (Wildman–Crippen MR) is 57.9 cm³/mol. The molecule has 16 heavy (non-hydrogen) atoms. The zero-order chi connectivity index (χ0) is 11.0. The van der Waals surface area contributed by atoms with Crippen LogP contribution in [0.1, 0.15) is 5.76 Å². The van der Waals surface area contributed by atoms with Crippen LogP contribution in [0, 0.1) is 0 Å². The Bertz CT molecular complexity index is 377. The van der Waals surface area contributed by atoms with Gasteiger partial charge in [-0.3, -0.25) is 0 Å². The van der Waals surface area contributed by atoms with Gasteiger partial charge in [-0.15, -0.1) is 0 Å². The first-order valence-corrected chi connectivity index (χ1v) is 5.63. The van der Waals surface area contributed by atoms with E-state index in [1.54, 1.807) is 6.26 Å². The first-order valence-electron chi connectivity index (χ1n) is 5.63. The monoisotopic (exact) mass is 221 g/mol. The Morgan fingerprint density at radius 1 is 1.56 bits per heavy atom. The maximum Gasteiger partial charge on any atom is 0.320 e. The number of carbonyl (C=O) groups excluding carboxylic acids is 1. The van der Waals surface area contributed by atoms with E-state index in [1.165, 1.54) is 0 Å². The number of hydrogen-bond acceptors (Lipinski definition) is 3. The van der Waals surface area contributed by atoms with Crippen LogP contribution in [0.3, 0.4) is 0 Å². The molecule has 1 aromatic heterocycles. The molecule has 0 bridgehead atoms. The molecule has 5 heteroatoms. The van der Waals surface area contributed by atoms with Gasteiger partial charge < -0.3 is 19.5 Å². The van der Waals surface area contributed by atoms with Crippen molar-refractivity contribution in [1.82, 2.24) is 15.1 Å². The predicted octanol–water partition coefficient (Wildman–Crippen LogP) is 0.489. The maximum absolute atomic E-state index is 12.0. The van der Waals surface area contributed by atoms with E-state index in [0.717, 1.165) is 31.9 Å². The minimum Gasteiger partial charge on any atom is -0.467 e. The van der Waals surface area contributed by atoms with Gasteiger partial charge >= 0.3 is 6.03 Å². The molecule has 1 aromatic rings. The molecular weight excluding hydrogens is 206 g/mol. The lowest BCUT2D eigenvalue weighted by Gasteiger charge is -2.28. The molecule has 2 aliphatic heterocycles. The highest BCUT2D eigenvalue weighted by atomic mass is 16.3. The standard InChI is InChI=1S/C11H15N3O2/c15-11-13(8-10-2-1-5-16-10)7-9-6-12-3-4-14(9)11/h1-2,5,9,12H,3-4,6-8H2. The van der Waals surface area contributed by atoms with Crippen molar-refractivity contribution in [3.05, 3.63) is 24.2 Å². The van der Waals surface area contributed by atoms with Gasteiger partial charge in [0, 0.05) is 26.2 Å². The van der Waals surface area contributed by atoms with Crippen molar-refractivity contribution in [3.8, 4) is 0 Å². The number of rotatable bonds is 2. The summed E-state index contributed by atoms with van der Waals surface area (Å²) in [7, 11) is 0. The Balaban J connectivity index is 1.71. The molecular formula is C11H15N3O2. The smallest absolute Gasteiger partial charge is 0.320 e. The molecule has 0 spiro atoms. The van der Waals surface area contributed by atoms with E-state index in [2.05, 4.69) is 5.32 Å². The lowest BCUT2D eigenvalue weighted by Crippen LogP contribution is -2.49. The lowest BCUT2D eigenvalue weighted by molar-refractivity contribution is 0.176. The van der Waals surface area contributed by atoms with Crippen molar-refractivity contribution in [3.63, 3.8) is 0 Å². The van der Waals surface area contributed by atoms with Gasteiger partial charge in [0.1, 0.15) is 5.76 Å². The van der Waals surface area contributed by atoms with E-state index >= 15 is 0 Å². The van der Waals surface area contributed by atoms with Crippen LogP contribution in [-0.2, 0) is 6.54 Å². The number of piperazine rings is 1. The number of nitrogens with zero attached hydrogens (tertiary/aromatic N) is 2. The van der Waals surface area contributed by atoms with Crippen molar-refractivity contribution in [2.75, 3.05) is 26.2 Å². The van der Waals surface area contributed by atoms with Crippen LogP contribution >= 0.6 is 0 Å². The fourth-order valence-corrected chi connectivity index (χ4v) is 2.41. The van der Waals surface area contributed by atoms with E-state index in [1.807, 2.05) is 21.9 Å². The van der Waals surface area contributed by atoms with Gasteiger partial charge in [0.05, 0.1) is 18.8 Å². The molecule has 5 nitrogen and oxygen atoms in total. The van der Waals surface area contributed by atoms with Crippen molar-refractivity contribution >= 4 is 6.03 Å². The quantitative estimate of drug-likeness (QED) is 0.790. The minimum atomic E-state index is 0.142. The summed E-state index contributed by atoms with van der Waals surface area (Å²) in [5.41, 5.74) is 0. The highest BCUT2D eigenvalue weighted by Gasteiger charge is 2.38. The fraction of sp³-hybridized carbons (Fsp3) is 0.545. The molecule has 2 aliphatic rings. The Kier molecular flexibility index (Phi) is 2.32. The summed E-state index contributed by atoms with van der Waals surface area (Å²) in [6.07, 6.45) is 1.64. The van der Waals surface area contributed by atoms with Crippen LogP contribution in [0.5, 0.6) is 0 Å². The van der Waals surface area contributed by atoms with Crippen LogP contribution in [0.25, 0.3) is 0 Å². The van der Waals surface area contributed by atoms with Crippen LogP contribution in [0.2, 0.25) is 0 Å². The zero-order valence-electron chi connectivity index (χ0n) is 9.06. The number of fused-ring (bicyclic) bond motifs is 1. The van der Waals surface area contributed by atoms with E-state index in [4.69, 9.17) is 4.42 Å². The number of urea groups is 1. The number of nitrogens with one attached hydrogen (secondary N) is 1. The summed E-state index contributed by atoms with van der Waals surface area (Å²) in [6, 6.07) is 4.23. The average Bonchev–Trinajstić information content (AvgIpc) is 2.90. The Morgan fingerprint density at radius 3 is 3.25 bits per heavy atom. The van der Waals surface area contributed by atoms with E-state index in [-0.39, 0.29) is 6.03 Å². The number of furan rings is 1. The molecule has 0 saturated carbocycles. The summed E-state index contributed by atoms with van der Waals surface area (Å²) >= 11 is 0. The van der Waals surface area contributed by atoms with E-state index < -0.39 is 0 Å². The Morgan fingerprint density at radius 2 is 2.50 bits per heavy atom. The second kappa shape index (κ2) is 3.83. The van der Waals surface area contributed by atoms with Crippen LogP contribution in [-0.4, -0.2) is 48.1 Å². The van der Waals surface area contributed by atoms with Crippen molar-refractivity contribution in [2.45, 2.75) is 12.6 Å². The number of carbonyl (C=O) groups is 1. The molecule has 0 aliphatic carbocycles. The third kappa shape index (κ3) is 1.57. The average molecular weight is 221 g/mol. The van der Waals surface area contributed by atoms with Gasteiger partial charge in [-0.2, -0.15) is 0 Å². The molecule has 2 fully saturated rings. The topological polar surface area (TPSA) is 48.7 Å². The van der Waals surface area contributed by atoms with E-state index in [0.29, 0.717) is 12.6 Å². The molecule has 2 saturated heterocycles. The molecule has 1 unspecified atom stereocenters. The molecule has 86 valence electrons. The summed E-state index contributed by atoms with van der Waals surface area (Å²) in [4.78, 5) is 15.9. The third-order valence-corrected chi connectivity index (χ3v) is 3.22. The highest BCUT2D eigenvalue weighted by molar-refractivity contribution is 5.77. The van der Waals surface area contributed by atoms with Crippen molar-refractivity contribution in [2.24, 2.45) is 0 Å². The zero-order valence-corrected chi connectivity index (χ0v) is 9.06. The Labute approximate surface area is 94.0 Å². The summed E-state index contributed by atoms with van der Waals surface area (Å²) in [5.74, 6) is 0.848. The van der Waals surface area contributed by atoms with Crippen molar-refractivity contribution < 1.29 is 9.21 Å². The molecule has 1 atom stereocenters. The van der Waals surface area contributed by atoms with Crippen molar-refractivity contribution in [1.29, 1.82) is 0 Å². The number of hydrogen-bond donors (Lipinski definition) is 1. The van der Waals surface area contributed by atoms with E-state index in [9.17, 15) is 4.79 Å². The van der Waals surface area contributed by atoms with Gasteiger partial charge in [0.2, 0.25) is 0 Å². The highest BCUT2D eigenvalue weighted by Crippen LogP contribution is 2.19. The number of amides is 2. The molecule has 3 heterocycles. The van der Waals surface area contributed by atoms with Gasteiger partial charge in [0.25, 0.3) is 0 Å². The molecule has 0 aromatic carbocycles.